The molecule has 4 heteroatoms. The molecular weight excluding hydrogens is 305 g/mol. The van der Waals surface area contributed by atoms with Gasteiger partial charge in [0.2, 0.25) is 5.91 Å². The average molecular weight is 327 g/mol. The van der Waals surface area contributed by atoms with Crippen LogP contribution in [0.15, 0.2) is 48.5 Å². The molecule has 0 aromatic heterocycles. The highest BCUT2D eigenvalue weighted by Crippen LogP contribution is 2.33. The molecule has 0 bridgehead atoms. The molecule has 1 aliphatic rings. The number of hydrogen-bond acceptors (Lipinski definition) is 2. The van der Waals surface area contributed by atoms with Gasteiger partial charge in [-0.05, 0) is 43.0 Å². The molecule has 24 heavy (non-hydrogen) atoms. The van der Waals surface area contributed by atoms with Crippen LogP contribution in [0.5, 0.6) is 5.75 Å². The second-order valence-corrected chi connectivity index (χ2v) is 6.11. The Labute approximate surface area is 142 Å². The predicted molar refractivity (Wildman–Crippen MR) is 91.4 cm³/mol. The summed E-state index contributed by atoms with van der Waals surface area (Å²) in [5.74, 6) is 0.679. The number of carbonyl (C=O) groups is 1. The van der Waals surface area contributed by atoms with Gasteiger partial charge in [0.05, 0.1) is 13.2 Å². The maximum Gasteiger partial charge on any atom is 0.223 e. The smallest absolute Gasteiger partial charge is 0.223 e. The van der Waals surface area contributed by atoms with Crippen molar-refractivity contribution in [2.75, 3.05) is 13.7 Å². The number of benzene rings is 2. The van der Waals surface area contributed by atoms with Gasteiger partial charge in [-0.2, -0.15) is 0 Å². The van der Waals surface area contributed by atoms with E-state index in [4.69, 9.17) is 4.74 Å². The predicted octanol–water partition coefficient (Wildman–Crippen LogP) is 4.13. The van der Waals surface area contributed by atoms with Gasteiger partial charge in [0, 0.05) is 18.5 Å². The molecule has 1 fully saturated rings. The van der Waals surface area contributed by atoms with Crippen molar-refractivity contribution in [3.63, 3.8) is 0 Å². The Morgan fingerprint density at radius 3 is 2.67 bits per heavy atom. The van der Waals surface area contributed by atoms with Gasteiger partial charge in [-0.15, -0.1) is 0 Å². The standard InChI is InChI=1S/C20H22FNO2/c1-24-16-11-8-15(9-12-16)10-13-20(23)22-14-4-7-19(22)17-5-2-3-6-18(17)21/h2-3,5-6,8-9,11-12,19H,4,7,10,13-14H2,1H3/t19-/m1/s1. The zero-order chi connectivity index (χ0) is 16.9. The Morgan fingerprint density at radius 2 is 1.96 bits per heavy atom. The fourth-order valence-electron chi connectivity index (χ4n) is 3.32. The number of methoxy groups -OCH3 is 1. The van der Waals surface area contributed by atoms with Gasteiger partial charge in [-0.25, -0.2) is 4.39 Å². The fourth-order valence-corrected chi connectivity index (χ4v) is 3.32. The van der Waals surface area contributed by atoms with Crippen molar-refractivity contribution in [2.24, 2.45) is 0 Å². The molecule has 2 aromatic rings. The van der Waals surface area contributed by atoms with Crippen LogP contribution in [0.25, 0.3) is 0 Å². The van der Waals surface area contributed by atoms with E-state index >= 15 is 0 Å². The molecule has 0 spiro atoms. The first-order valence-electron chi connectivity index (χ1n) is 8.36. The van der Waals surface area contributed by atoms with Crippen molar-refractivity contribution < 1.29 is 13.9 Å². The number of amides is 1. The molecule has 1 heterocycles. The minimum atomic E-state index is -0.225. The topological polar surface area (TPSA) is 29.5 Å². The maximum absolute atomic E-state index is 14.1. The maximum atomic E-state index is 14.1. The second-order valence-electron chi connectivity index (χ2n) is 6.11. The number of nitrogens with zero attached hydrogens (tertiary/aromatic N) is 1. The van der Waals surface area contributed by atoms with Crippen LogP contribution in [0.1, 0.15) is 36.4 Å². The molecule has 1 aliphatic heterocycles. The van der Waals surface area contributed by atoms with E-state index in [0.29, 0.717) is 24.9 Å². The monoisotopic (exact) mass is 327 g/mol. The molecule has 1 atom stereocenters. The van der Waals surface area contributed by atoms with Crippen molar-refractivity contribution in [2.45, 2.75) is 31.7 Å². The molecule has 1 amide bonds. The lowest BCUT2D eigenvalue weighted by Crippen LogP contribution is -2.31. The van der Waals surface area contributed by atoms with Gasteiger partial charge in [0.15, 0.2) is 0 Å². The number of rotatable bonds is 5. The van der Waals surface area contributed by atoms with E-state index in [-0.39, 0.29) is 17.8 Å². The number of aryl methyl sites for hydroxylation is 1. The van der Waals surface area contributed by atoms with Gasteiger partial charge in [-0.3, -0.25) is 4.79 Å². The summed E-state index contributed by atoms with van der Waals surface area (Å²) < 4.78 is 19.2. The zero-order valence-electron chi connectivity index (χ0n) is 13.9. The highest BCUT2D eigenvalue weighted by Gasteiger charge is 2.31. The van der Waals surface area contributed by atoms with Crippen LogP contribution < -0.4 is 4.74 Å². The van der Waals surface area contributed by atoms with Crippen LogP contribution in [0, 0.1) is 5.82 Å². The van der Waals surface area contributed by atoms with Crippen molar-refractivity contribution in [1.82, 2.24) is 4.90 Å². The van der Waals surface area contributed by atoms with Crippen LogP contribution in [0.2, 0.25) is 0 Å². The van der Waals surface area contributed by atoms with E-state index in [1.165, 1.54) is 6.07 Å². The van der Waals surface area contributed by atoms with E-state index < -0.39 is 0 Å². The first-order chi connectivity index (χ1) is 11.7. The normalized spacial score (nSPS) is 17.1. The lowest BCUT2D eigenvalue weighted by molar-refractivity contribution is -0.132. The Morgan fingerprint density at radius 1 is 1.21 bits per heavy atom. The van der Waals surface area contributed by atoms with E-state index in [1.54, 1.807) is 19.2 Å². The van der Waals surface area contributed by atoms with E-state index in [1.807, 2.05) is 35.2 Å². The molecule has 0 radical (unpaired) electrons. The fraction of sp³-hybridized carbons (Fsp3) is 0.350. The van der Waals surface area contributed by atoms with Gasteiger partial charge in [0.25, 0.3) is 0 Å². The minimum Gasteiger partial charge on any atom is -0.497 e. The van der Waals surface area contributed by atoms with E-state index in [0.717, 1.165) is 24.2 Å². The van der Waals surface area contributed by atoms with Crippen LogP contribution in [-0.4, -0.2) is 24.5 Å². The summed E-state index contributed by atoms with van der Waals surface area (Å²) in [6.07, 6.45) is 2.88. The number of likely N-dealkylation sites (tertiary alicyclic amines) is 1. The number of halogens is 1. The largest absolute Gasteiger partial charge is 0.497 e. The molecule has 3 rings (SSSR count). The van der Waals surface area contributed by atoms with Crippen LogP contribution >= 0.6 is 0 Å². The quantitative estimate of drug-likeness (QED) is 0.826. The van der Waals surface area contributed by atoms with Crippen molar-refractivity contribution in [3.05, 3.63) is 65.5 Å². The Bertz CT molecular complexity index is 699. The minimum absolute atomic E-state index is 0.0940. The van der Waals surface area contributed by atoms with Crippen LogP contribution in [0.3, 0.4) is 0 Å². The Balaban J connectivity index is 1.64. The van der Waals surface area contributed by atoms with Gasteiger partial charge in [-0.1, -0.05) is 30.3 Å². The molecule has 0 aliphatic carbocycles. The third-order valence-corrected chi connectivity index (χ3v) is 4.62. The summed E-state index contributed by atoms with van der Waals surface area (Å²) in [5, 5.41) is 0. The SMILES string of the molecule is COc1ccc(CCC(=O)N2CCC[C@@H]2c2ccccc2F)cc1. The summed E-state index contributed by atoms with van der Waals surface area (Å²) in [7, 11) is 1.63. The van der Waals surface area contributed by atoms with Crippen molar-refractivity contribution in [3.8, 4) is 5.75 Å². The van der Waals surface area contributed by atoms with Crippen molar-refractivity contribution in [1.29, 1.82) is 0 Å². The van der Waals surface area contributed by atoms with E-state index in [9.17, 15) is 9.18 Å². The first-order valence-corrected chi connectivity index (χ1v) is 8.36. The zero-order valence-corrected chi connectivity index (χ0v) is 13.9. The summed E-state index contributed by atoms with van der Waals surface area (Å²) in [6, 6.07) is 14.4. The van der Waals surface area contributed by atoms with Crippen LogP contribution in [-0.2, 0) is 11.2 Å². The number of hydrogen-bond donors (Lipinski definition) is 0. The van der Waals surface area contributed by atoms with E-state index in [2.05, 4.69) is 0 Å². The molecule has 126 valence electrons. The molecule has 3 nitrogen and oxygen atoms in total. The summed E-state index contributed by atoms with van der Waals surface area (Å²) in [4.78, 5) is 14.5. The van der Waals surface area contributed by atoms with Gasteiger partial charge >= 0.3 is 0 Å². The number of carbonyl (C=O) groups excluding carboxylic acids is 1. The summed E-state index contributed by atoms with van der Waals surface area (Å²) in [6.45, 7) is 0.709. The lowest BCUT2D eigenvalue weighted by atomic mass is 10.0. The van der Waals surface area contributed by atoms with Crippen molar-refractivity contribution >= 4 is 5.91 Å². The lowest BCUT2D eigenvalue weighted by Gasteiger charge is -2.25. The van der Waals surface area contributed by atoms with Gasteiger partial charge < -0.3 is 9.64 Å². The number of ether oxygens (including phenoxy) is 1. The van der Waals surface area contributed by atoms with Gasteiger partial charge in [0.1, 0.15) is 11.6 Å². The molecule has 0 N–H and O–H groups in total. The average Bonchev–Trinajstić information content (AvgIpc) is 3.10. The summed E-state index contributed by atoms with van der Waals surface area (Å²) in [5.41, 5.74) is 1.73. The first kappa shape index (κ1) is 16.5. The summed E-state index contributed by atoms with van der Waals surface area (Å²) >= 11 is 0. The molecule has 1 saturated heterocycles. The molecule has 0 unspecified atom stereocenters. The molecule has 2 aromatic carbocycles. The van der Waals surface area contributed by atoms with Crippen LogP contribution in [0.4, 0.5) is 4.39 Å². The highest BCUT2D eigenvalue weighted by atomic mass is 19.1. The third-order valence-electron chi connectivity index (χ3n) is 4.62. The third kappa shape index (κ3) is 3.58. The Hall–Kier alpha value is -2.36. The molecule has 0 saturated carbocycles. The molecular formula is C20H22FNO2. The highest BCUT2D eigenvalue weighted by molar-refractivity contribution is 5.77. The Kier molecular flexibility index (Phi) is 5.14. The second kappa shape index (κ2) is 7.47.